The predicted molar refractivity (Wildman–Crippen MR) is 133 cm³/mol. The summed E-state index contributed by atoms with van der Waals surface area (Å²) in [6.45, 7) is 15.5. The van der Waals surface area contributed by atoms with Crippen molar-refractivity contribution in [1.29, 1.82) is 0 Å². The lowest BCUT2D eigenvalue weighted by Gasteiger charge is -2.10. The van der Waals surface area contributed by atoms with E-state index in [1.165, 1.54) is 6.92 Å². The van der Waals surface area contributed by atoms with E-state index in [4.69, 9.17) is 47.4 Å². The van der Waals surface area contributed by atoms with E-state index in [9.17, 15) is 4.79 Å². The molecule has 0 saturated carbocycles. The van der Waals surface area contributed by atoms with Crippen molar-refractivity contribution in [3.05, 3.63) is 0 Å². The molecule has 0 bridgehead atoms. The van der Waals surface area contributed by atoms with Gasteiger partial charge in [0.15, 0.2) is 0 Å². The van der Waals surface area contributed by atoms with Crippen molar-refractivity contribution in [3.63, 3.8) is 0 Å². The van der Waals surface area contributed by atoms with Gasteiger partial charge in [0, 0.05) is 13.5 Å². The summed E-state index contributed by atoms with van der Waals surface area (Å²) in [5.41, 5.74) is 0. The summed E-state index contributed by atoms with van der Waals surface area (Å²) in [7, 11) is 0. The van der Waals surface area contributed by atoms with Crippen LogP contribution < -0.4 is 0 Å². The fraction of sp³-hybridized carbons (Fsp3) is 0.960. The molecule has 0 fully saturated rings. The third-order valence-electron chi connectivity index (χ3n) is 4.61. The van der Waals surface area contributed by atoms with Gasteiger partial charge >= 0.3 is 5.97 Å². The van der Waals surface area contributed by atoms with Gasteiger partial charge in [0.05, 0.1) is 112 Å². The van der Waals surface area contributed by atoms with E-state index < -0.39 is 0 Å². The zero-order valence-electron chi connectivity index (χ0n) is 22.7. The number of carbonyl (C=O) groups excluding carboxylic acids is 1. The third kappa shape index (κ3) is 31.1. The lowest BCUT2D eigenvalue weighted by atomic mass is 10.1. The summed E-state index contributed by atoms with van der Waals surface area (Å²) >= 11 is 0. The second-order valence-electron chi connectivity index (χ2n) is 7.83. The molecule has 216 valence electrons. The summed E-state index contributed by atoms with van der Waals surface area (Å²) in [6, 6.07) is 0. The van der Waals surface area contributed by atoms with Gasteiger partial charge in [0.1, 0.15) is 6.61 Å². The Hall–Kier alpha value is -0.890. The molecule has 0 radical (unpaired) electrons. The maximum absolute atomic E-state index is 10.6. The predicted octanol–water partition coefficient (Wildman–Crippen LogP) is 1.75. The molecular weight excluding hydrogens is 476 g/mol. The summed E-state index contributed by atoms with van der Waals surface area (Å²) in [5.74, 6) is 0.291. The van der Waals surface area contributed by atoms with E-state index in [0.29, 0.717) is 118 Å². The number of carbonyl (C=O) groups is 1. The van der Waals surface area contributed by atoms with Gasteiger partial charge in [-0.25, -0.2) is 0 Å². The van der Waals surface area contributed by atoms with Crippen molar-refractivity contribution in [2.75, 3.05) is 126 Å². The van der Waals surface area contributed by atoms with E-state index in [-0.39, 0.29) is 12.6 Å². The minimum absolute atomic E-state index is 0.263. The Labute approximate surface area is 217 Å². The molecule has 0 heterocycles. The molecule has 0 aromatic heterocycles. The Bertz CT molecular complexity index is 440. The number of rotatable bonds is 30. The Morgan fingerprint density at radius 1 is 0.472 bits per heavy atom. The smallest absolute Gasteiger partial charge is 0.302 e. The lowest BCUT2D eigenvalue weighted by molar-refractivity contribution is -0.142. The second-order valence-corrected chi connectivity index (χ2v) is 7.83. The highest BCUT2D eigenvalue weighted by Crippen LogP contribution is 1.99. The van der Waals surface area contributed by atoms with Gasteiger partial charge in [-0.1, -0.05) is 20.3 Å². The zero-order chi connectivity index (χ0) is 26.4. The first-order valence-corrected chi connectivity index (χ1v) is 13.0. The third-order valence-corrected chi connectivity index (χ3v) is 4.61. The molecular formula is C25H50O11. The van der Waals surface area contributed by atoms with Crippen molar-refractivity contribution < 1.29 is 52.2 Å². The Balaban J connectivity index is 3.04. The normalized spacial score (nSPS) is 12.2. The highest BCUT2D eigenvalue weighted by molar-refractivity contribution is 5.65. The van der Waals surface area contributed by atoms with E-state index in [0.717, 1.165) is 13.0 Å². The number of hydrogen-bond acceptors (Lipinski definition) is 11. The van der Waals surface area contributed by atoms with Gasteiger partial charge in [-0.3, -0.25) is 4.79 Å². The van der Waals surface area contributed by atoms with Crippen molar-refractivity contribution in [2.24, 2.45) is 5.92 Å². The molecule has 36 heavy (non-hydrogen) atoms. The maximum atomic E-state index is 10.6. The molecule has 0 aliphatic heterocycles. The van der Waals surface area contributed by atoms with Gasteiger partial charge in [0.2, 0.25) is 0 Å². The first-order chi connectivity index (χ1) is 17.7. The first-order valence-electron chi connectivity index (χ1n) is 13.0. The van der Waals surface area contributed by atoms with Crippen molar-refractivity contribution in [1.82, 2.24) is 0 Å². The first kappa shape index (κ1) is 35.1. The molecule has 0 aliphatic rings. The SMILES string of the molecule is CCC(C)COCCOCCOCCOCCOCCOCCOCCOCCOCCOC(C)=O. The monoisotopic (exact) mass is 526 g/mol. The van der Waals surface area contributed by atoms with Gasteiger partial charge < -0.3 is 47.4 Å². The average Bonchev–Trinajstić information content (AvgIpc) is 2.87. The minimum atomic E-state index is -0.307. The topological polar surface area (TPSA) is 109 Å². The van der Waals surface area contributed by atoms with Crippen LogP contribution in [-0.4, -0.2) is 132 Å². The Kier molecular flexibility index (Phi) is 29.6. The summed E-state index contributed by atoms with van der Waals surface area (Å²) < 4.78 is 53.5. The molecule has 0 aromatic rings. The van der Waals surface area contributed by atoms with Crippen molar-refractivity contribution in [3.8, 4) is 0 Å². The number of ether oxygens (including phenoxy) is 10. The van der Waals surface area contributed by atoms with Crippen LogP contribution in [0.2, 0.25) is 0 Å². The van der Waals surface area contributed by atoms with Crippen LogP contribution in [-0.2, 0) is 52.2 Å². The van der Waals surface area contributed by atoms with Crippen LogP contribution in [0.4, 0.5) is 0 Å². The fourth-order valence-corrected chi connectivity index (χ4v) is 2.41. The van der Waals surface area contributed by atoms with Gasteiger partial charge in [-0.15, -0.1) is 0 Å². The molecule has 1 atom stereocenters. The molecule has 0 rings (SSSR count). The molecule has 0 spiro atoms. The van der Waals surface area contributed by atoms with Crippen LogP contribution in [0.5, 0.6) is 0 Å². The standard InChI is InChI=1S/C25H50O11/c1-4-24(2)23-35-20-19-33-16-15-31-12-11-29-8-7-27-5-6-28-9-10-30-13-14-32-17-18-34-21-22-36-25(3)26/h24H,4-23H2,1-3H3. The van der Waals surface area contributed by atoms with Crippen LogP contribution in [0.25, 0.3) is 0 Å². The molecule has 0 aliphatic carbocycles. The van der Waals surface area contributed by atoms with Crippen LogP contribution in [0, 0.1) is 5.92 Å². The molecule has 11 nitrogen and oxygen atoms in total. The van der Waals surface area contributed by atoms with E-state index in [2.05, 4.69) is 13.8 Å². The minimum Gasteiger partial charge on any atom is -0.463 e. The molecule has 0 amide bonds. The highest BCUT2D eigenvalue weighted by Gasteiger charge is 1.98. The van der Waals surface area contributed by atoms with Gasteiger partial charge in [-0.2, -0.15) is 0 Å². The average molecular weight is 527 g/mol. The maximum Gasteiger partial charge on any atom is 0.302 e. The molecule has 11 heteroatoms. The van der Waals surface area contributed by atoms with E-state index >= 15 is 0 Å². The number of esters is 1. The van der Waals surface area contributed by atoms with Gasteiger partial charge in [0.25, 0.3) is 0 Å². The molecule has 1 unspecified atom stereocenters. The van der Waals surface area contributed by atoms with Crippen molar-refractivity contribution in [2.45, 2.75) is 27.2 Å². The molecule has 0 aromatic carbocycles. The molecule has 0 N–H and O–H groups in total. The van der Waals surface area contributed by atoms with Crippen LogP contribution in [0.15, 0.2) is 0 Å². The largest absolute Gasteiger partial charge is 0.463 e. The van der Waals surface area contributed by atoms with Crippen LogP contribution in [0.1, 0.15) is 27.2 Å². The summed E-state index contributed by atoms with van der Waals surface area (Å²) in [6.07, 6.45) is 1.13. The van der Waals surface area contributed by atoms with Crippen LogP contribution >= 0.6 is 0 Å². The molecule has 0 saturated heterocycles. The highest BCUT2D eigenvalue weighted by atomic mass is 16.6. The Morgan fingerprint density at radius 3 is 0.972 bits per heavy atom. The summed E-state index contributed by atoms with van der Waals surface area (Å²) in [5, 5.41) is 0. The van der Waals surface area contributed by atoms with E-state index in [1.54, 1.807) is 0 Å². The summed E-state index contributed by atoms with van der Waals surface area (Å²) in [4.78, 5) is 10.6. The quantitative estimate of drug-likeness (QED) is 0.101. The van der Waals surface area contributed by atoms with E-state index in [1.807, 2.05) is 0 Å². The van der Waals surface area contributed by atoms with Gasteiger partial charge in [-0.05, 0) is 5.92 Å². The zero-order valence-corrected chi connectivity index (χ0v) is 22.7. The van der Waals surface area contributed by atoms with Crippen LogP contribution in [0.3, 0.4) is 0 Å². The van der Waals surface area contributed by atoms with Crippen molar-refractivity contribution >= 4 is 5.97 Å². The lowest BCUT2D eigenvalue weighted by Crippen LogP contribution is -2.15. The number of hydrogen-bond donors (Lipinski definition) is 0. The fourth-order valence-electron chi connectivity index (χ4n) is 2.41. The Morgan fingerprint density at radius 2 is 0.722 bits per heavy atom. The second kappa shape index (κ2) is 30.3.